The van der Waals surface area contributed by atoms with Gasteiger partial charge in [0.2, 0.25) is 0 Å². The minimum atomic E-state index is -2.89. The van der Waals surface area contributed by atoms with Crippen molar-refractivity contribution in [3.63, 3.8) is 0 Å². The molecule has 1 aromatic carbocycles. The van der Waals surface area contributed by atoms with E-state index < -0.39 is 9.84 Å². The van der Waals surface area contributed by atoms with Crippen LogP contribution in [-0.4, -0.2) is 33.5 Å². The van der Waals surface area contributed by atoms with Gasteiger partial charge in [-0.25, -0.2) is 8.42 Å². The summed E-state index contributed by atoms with van der Waals surface area (Å²) in [6, 6.07) is 8.82. The molecule has 0 saturated heterocycles. The highest BCUT2D eigenvalue weighted by atomic mass is 32.2. The second-order valence-corrected chi connectivity index (χ2v) is 7.77. The van der Waals surface area contributed by atoms with Crippen molar-refractivity contribution < 1.29 is 8.42 Å². The second-order valence-electron chi connectivity index (χ2n) is 5.51. The number of hydrogen-bond acceptors (Lipinski definition) is 3. The minimum absolute atomic E-state index is 0.246. The van der Waals surface area contributed by atoms with Crippen LogP contribution in [0, 0.1) is 0 Å². The summed E-state index contributed by atoms with van der Waals surface area (Å²) >= 11 is 0. The van der Waals surface area contributed by atoms with Crippen molar-refractivity contribution in [2.24, 2.45) is 0 Å². The normalized spacial score (nSPS) is 20.8. The van der Waals surface area contributed by atoms with E-state index in [0.29, 0.717) is 12.3 Å². The molecule has 106 valence electrons. The molecule has 3 nitrogen and oxygen atoms in total. The van der Waals surface area contributed by atoms with Crippen molar-refractivity contribution in [3.05, 3.63) is 35.4 Å². The third kappa shape index (κ3) is 3.80. The number of nitrogens with one attached hydrogen (secondary N) is 1. The maximum Gasteiger partial charge on any atom is 0.147 e. The third-order valence-electron chi connectivity index (χ3n) is 4.07. The Labute approximate surface area is 116 Å². The lowest BCUT2D eigenvalue weighted by molar-refractivity contribution is 0.404. The lowest BCUT2D eigenvalue weighted by Crippen LogP contribution is -2.35. The van der Waals surface area contributed by atoms with Crippen LogP contribution in [0.3, 0.4) is 0 Å². The lowest BCUT2D eigenvalue weighted by atomic mass is 9.78. The Morgan fingerprint density at radius 2 is 2.11 bits per heavy atom. The van der Waals surface area contributed by atoms with Gasteiger partial charge >= 0.3 is 0 Å². The molecule has 1 aromatic rings. The highest BCUT2D eigenvalue weighted by Crippen LogP contribution is 2.34. The van der Waals surface area contributed by atoms with E-state index in [2.05, 4.69) is 29.6 Å². The van der Waals surface area contributed by atoms with Crippen LogP contribution in [0.15, 0.2) is 24.3 Å². The molecule has 2 rings (SSSR count). The van der Waals surface area contributed by atoms with E-state index in [0.717, 1.165) is 12.8 Å². The van der Waals surface area contributed by atoms with E-state index in [4.69, 9.17) is 0 Å². The van der Waals surface area contributed by atoms with Gasteiger partial charge in [-0.2, -0.15) is 0 Å². The van der Waals surface area contributed by atoms with Gasteiger partial charge in [-0.1, -0.05) is 24.3 Å². The van der Waals surface area contributed by atoms with Crippen molar-refractivity contribution in [2.75, 3.05) is 19.1 Å². The predicted molar refractivity (Wildman–Crippen MR) is 79.3 cm³/mol. The van der Waals surface area contributed by atoms with Crippen molar-refractivity contribution in [3.8, 4) is 0 Å². The average Bonchev–Trinajstić information content (AvgIpc) is 2.38. The molecule has 19 heavy (non-hydrogen) atoms. The van der Waals surface area contributed by atoms with Crippen LogP contribution in [-0.2, 0) is 16.3 Å². The molecule has 0 spiro atoms. The first kappa shape index (κ1) is 14.5. The molecular weight excluding hydrogens is 258 g/mol. The Kier molecular flexibility index (Phi) is 4.63. The molecule has 0 saturated carbocycles. The van der Waals surface area contributed by atoms with Crippen molar-refractivity contribution in [2.45, 2.75) is 37.6 Å². The number of benzene rings is 1. The van der Waals surface area contributed by atoms with Gasteiger partial charge in [-0.15, -0.1) is 0 Å². The molecule has 0 heterocycles. The maximum absolute atomic E-state index is 11.4. The second kappa shape index (κ2) is 6.06. The summed E-state index contributed by atoms with van der Waals surface area (Å²) in [6.07, 6.45) is 5.49. The highest BCUT2D eigenvalue weighted by Gasteiger charge is 2.27. The number of sulfone groups is 1. The van der Waals surface area contributed by atoms with Crippen LogP contribution in [0.25, 0.3) is 0 Å². The molecule has 0 amide bonds. The van der Waals surface area contributed by atoms with Crippen molar-refractivity contribution in [1.82, 2.24) is 5.32 Å². The topological polar surface area (TPSA) is 46.2 Å². The zero-order valence-corrected chi connectivity index (χ0v) is 12.5. The molecule has 0 radical (unpaired) electrons. The number of aryl methyl sites for hydroxylation is 1. The van der Waals surface area contributed by atoms with Crippen LogP contribution >= 0.6 is 0 Å². The van der Waals surface area contributed by atoms with E-state index in [9.17, 15) is 8.42 Å². The highest BCUT2D eigenvalue weighted by molar-refractivity contribution is 7.90. The smallest absolute Gasteiger partial charge is 0.147 e. The fraction of sp³-hybridized carbons (Fsp3) is 0.600. The monoisotopic (exact) mass is 281 g/mol. The summed E-state index contributed by atoms with van der Waals surface area (Å²) < 4.78 is 22.7. The zero-order chi connectivity index (χ0) is 13.9. The number of rotatable bonds is 5. The molecule has 2 unspecified atom stereocenters. The van der Waals surface area contributed by atoms with Crippen LogP contribution in [0.4, 0.5) is 0 Å². The van der Waals surface area contributed by atoms with Gasteiger partial charge in [0, 0.05) is 12.3 Å². The first-order valence-electron chi connectivity index (χ1n) is 6.94. The van der Waals surface area contributed by atoms with E-state index in [-0.39, 0.29) is 11.8 Å². The van der Waals surface area contributed by atoms with E-state index >= 15 is 0 Å². The van der Waals surface area contributed by atoms with Gasteiger partial charge in [-0.3, -0.25) is 0 Å². The summed E-state index contributed by atoms with van der Waals surface area (Å²) in [5.74, 6) is 0.702. The predicted octanol–water partition coefficient (Wildman–Crippen LogP) is 2.13. The first-order chi connectivity index (χ1) is 9.01. The number of hydrogen-bond donors (Lipinski definition) is 1. The molecule has 4 heteroatoms. The Balaban J connectivity index is 2.16. The summed E-state index contributed by atoms with van der Waals surface area (Å²) in [6.45, 7) is 0. The van der Waals surface area contributed by atoms with Crippen molar-refractivity contribution >= 4 is 9.84 Å². The molecule has 0 aliphatic heterocycles. The molecule has 2 atom stereocenters. The first-order valence-corrected chi connectivity index (χ1v) is 9.00. The summed E-state index contributed by atoms with van der Waals surface area (Å²) in [5.41, 5.74) is 2.83. The zero-order valence-electron chi connectivity index (χ0n) is 11.7. The van der Waals surface area contributed by atoms with Crippen LogP contribution in [0.5, 0.6) is 0 Å². The van der Waals surface area contributed by atoms with E-state index in [1.807, 2.05) is 7.05 Å². The van der Waals surface area contributed by atoms with Crippen LogP contribution in [0.2, 0.25) is 0 Å². The van der Waals surface area contributed by atoms with Crippen LogP contribution in [0.1, 0.15) is 36.3 Å². The molecule has 0 fully saturated rings. The average molecular weight is 281 g/mol. The molecular formula is C15H23NO2S. The van der Waals surface area contributed by atoms with E-state index in [1.54, 1.807) is 0 Å². The largest absolute Gasteiger partial charge is 0.316 e. The third-order valence-corrected chi connectivity index (χ3v) is 5.05. The Morgan fingerprint density at radius 3 is 2.79 bits per heavy atom. The number of fused-ring (bicyclic) bond motifs is 1. The quantitative estimate of drug-likeness (QED) is 0.899. The van der Waals surface area contributed by atoms with Gasteiger partial charge in [-0.05, 0) is 49.8 Å². The van der Waals surface area contributed by atoms with Gasteiger partial charge in [0.05, 0.1) is 5.75 Å². The van der Waals surface area contributed by atoms with Gasteiger partial charge in [0.15, 0.2) is 0 Å². The molecule has 1 aliphatic carbocycles. The Hall–Kier alpha value is -0.870. The lowest BCUT2D eigenvalue weighted by Gasteiger charge is -2.32. The van der Waals surface area contributed by atoms with Crippen molar-refractivity contribution in [1.29, 1.82) is 0 Å². The van der Waals surface area contributed by atoms with Gasteiger partial charge in [0.1, 0.15) is 9.84 Å². The molecule has 0 aromatic heterocycles. The standard InChI is InChI=1S/C15H23NO2S/c1-16-15(10-11-19(2,17)18)14-9-5-7-12-6-3-4-8-13(12)14/h3-4,6,8,14-16H,5,7,9-11H2,1-2H3. The minimum Gasteiger partial charge on any atom is -0.316 e. The van der Waals surface area contributed by atoms with E-state index in [1.165, 1.54) is 23.8 Å². The molecule has 1 N–H and O–H groups in total. The van der Waals surface area contributed by atoms with Gasteiger partial charge < -0.3 is 5.32 Å². The fourth-order valence-corrected chi connectivity index (χ4v) is 3.78. The summed E-state index contributed by atoms with van der Waals surface area (Å²) in [5, 5.41) is 3.32. The van der Waals surface area contributed by atoms with Gasteiger partial charge in [0.25, 0.3) is 0 Å². The molecule has 0 bridgehead atoms. The maximum atomic E-state index is 11.4. The summed E-state index contributed by atoms with van der Waals surface area (Å²) in [4.78, 5) is 0. The Bertz CT molecular complexity index is 525. The number of likely N-dealkylation sites (N-methyl/N-ethyl adjacent to an activating group) is 1. The molecule has 1 aliphatic rings. The summed E-state index contributed by atoms with van der Waals surface area (Å²) in [7, 11) is -0.951. The van der Waals surface area contributed by atoms with Crippen LogP contribution < -0.4 is 5.32 Å². The fourth-order valence-electron chi connectivity index (χ4n) is 3.10. The Morgan fingerprint density at radius 1 is 1.37 bits per heavy atom. The SMILES string of the molecule is CNC(CCS(C)(=O)=O)C1CCCc2ccccc21.